The minimum atomic E-state index is -0.352. The molecule has 144 valence electrons. The molecule has 6 nitrogen and oxygen atoms in total. The zero-order valence-electron chi connectivity index (χ0n) is 15.7. The van der Waals surface area contributed by atoms with E-state index in [-0.39, 0.29) is 18.1 Å². The number of para-hydroxylation sites is 1. The number of benzene rings is 1. The van der Waals surface area contributed by atoms with Gasteiger partial charge >= 0.3 is 0 Å². The Morgan fingerprint density at radius 1 is 1.23 bits per heavy atom. The summed E-state index contributed by atoms with van der Waals surface area (Å²) in [6, 6.07) is 8.05. The average Bonchev–Trinajstić information content (AvgIpc) is 3.03. The average molecular weight is 361 g/mol. The van der Waals surface area contributed by atoms with E-state index in [1.165, 1.54) is 19.3 Å². The zero-order chi connectivity index (χ0) is 18.4. The number of carbonyl (C=O) groups excluding carboxylic acids is 1. The Hall–Kier alpha value is -1.63. The Morgan fingerprint density at radius 3 is 2.77 bits per heavy atom. The molecule has 1 amide bonds. The third-order valence-electron chi connectivity index (χ3n) is 5.47. The predicted octanol–water partition coefficient (Wildman–Crippen LogP) is 0.885. The molecule has 26 heavy (non-hydrogen) atoms. The number of carbonyl (C=O) groups is 1. The Balaban J connectivity index is 1.41. The number of amides is 1. The number of piperidine rings is 1. The number of nitrogens with one attached hydrogen (secondary N) is 1. The maximum atomic E-state index is 12.3. The van der Waals surface area contributed by atoms with Crippen LogP contribution in [0.3, 0.4) is 0 Å². The molecule has 0 spiro atoms. The molecule has 2 heterocycles. The molecule has 1 aromatic carbocycles. The first-order valence-corrected chi connectivity index (χ1v) is 9.70. The molecule has 0 saturated carbocycles. The van der Waals surface area contributed by atoms with Crippen LogP contribution in [0.4, 0.5) is 0 Å². The summed E-state index contributed by atoms with van der Waals surface area (Å²) in [4.78, 5) is 16.7. The fourth-order valence-corrected chi connectivity index (χ4v) is 4.09. The molecule has 0 aromatic heterocycles. The number of aliphatic hydroxyl groups is 1. The number of likely N-dealkylation sites (tertiary alicyclic amines) is 2. The molecule has 0 radical (unpaired) electrons. The van der Waals surface area contributed by atoms with Crippen LogP contribution in [-0.4, -0.2) is 79.3 Å². The van der Waals surface area contributed by atoms with Gasteiger partial charge in [0.2, 0.25) is 5.91 Å². The molecule has 2 fully saturated rings. The number of hydrogen-bond donors (Lipinski definition) is 2. The zero-order valence-corrected chi connectivity index (χ0v) is 15.7. The second kappa shape index (κ2) is 9.35. The van der Waals surface area contributed by atoms with Crippen LogP contribution in [0, 0.1) is 0 Å². The standard InChI is InChI=1S/C20H31N3O3/c1-26-19-8-4-3-7-16(19)9-10-21-20(25)15-22-13-17(18(24)14-22)23-11-5-2-6-12-23/h3-4,7-8,17-18,24H,2,5-6,9-15H2,1H3,(H,21,25). The highest BCUT2D eigenvalue weighted by Crippen LogP contribution is 2.20. The maximum Gasteiger partial charge on any atom is 0.234 e. The van der Waals surface area contributed by atoms with Gasteiger partial charge in [0.25, 0.3) is 0 Å². The molecular weight excluding hydrogens is 330 g/mol. The van der Waals surface area contributed by atoms with Gasteiger partial charge in [0, 0.05) is 25.7 Å². The van der Waals surface area contributed by atoms with Crippen LogP contribution in [0.25, 0.3) is 0 Å². The largest absolute Gasteiger partial charge is 0.496 e. The maximum absolute atomic E-state index is 12.3. The normalized spacial score (nSPS) is 24.5. The first-order chi connectivity index (χ1) is 12.7. The minimum absolute atomic E-state index is 0.0198. The van der Waals surface area contributed by atoms with Gasteiger partial charge in [0.05, 0.1) is 19.8 Å². The Bertz CT molecular complexity index is 589. The molecule has 0 bridgehead atoms. The number of nitrogens with zero attached hydrogens (tertiary/aromatic N) is 2. The van der Waals surface area contributed by atoms with Crippen LogP contribution >= 0.6 is 0 Å². The minimum Gasteiger partial charge on any atom is -0.496 e. The second-order valence-corrected chi connectivity index (χ2v) is 7.34. The lowest BCUT2D eigenvalue weighted by molar-refractivity contribution is -0.122. The number of ether oxygens (including phenoxy) is 1. The molecule has 6 heteroatoms. The molecule has 1 aromatic rings. The lowest BCUT2D eigenvalue weighted by Gasteiger charge is -2.33. The van der Waals surface area contributed by atoms with E-state index < -0.39 is 0 Å². The number of methoxy groups -OCH3 is 1. The van der Waals surface area contributed by atoms with Crippen LogP contribution in [-0.2, 0) is 11.2 Å². The quantitative estimate of drug-likeness (QED) is 0.755. The van der Waals surface area contributed by atoms with Crippen molar-refractivity contribution in [1.29, 1.82) is 0 Å². The van der Waals surface area contributed by atoms with Gasteiger partial charge in [-0.2, -0.15) is 0 Å². The molecule has 2 N–H and O–H groups in total. The van der Waals surface area contributed by atoms with Gasteiger partial charge in [-0.1, -0.05) is 24.6 Å². The summed E-state index contributed by atoms with van der Waals surface area (Å²) < 4.78 is 5.34. The SMILES string of the molecule is COc1ccccc1CCNC(=O)CN1CC(O)C(N2CCCCC2)C1. The van der Waals surface area contributed by atoms with Crippen molar-refractivity contribution in [1.82, 2.24) is 15.1 Å². The van der Waals surface area contributed by atoms with Crippen molar-refractivity contribution in [3.05, 3.63) is 29.8 Å². The molecule has 2 unspecified atom stereocenters. The molecule has 3 rings (SSSR count). The van der Waals surface area contributed by atoms with Gasteiger partial charge in [-0.3, -0.25) is 14.6 Å². The molecule has 2 saturated heterocycles. The summed E-state index contributed by atoms with van der Waals surface area (Å²) in [5.41, 5.74) is 1.09. The van der Waals surface area contributed by atoms with Gasteiger partial charge < -0.3 is 15.2 Å². The van der Waals surface area contributed by atoms with Crippen LogP contribution in [0.5, 0.6) is 5.75 Å². The number of rotatable bonds is 7. The van der Waals surface area contributed by atoms with Gasteiger partial charge in [-0.15, -0.1) is 0 Å². The smallest absolute Gasteiger partial charge is 0.234 e. The Labute approximate surface area is 156 Å². The summed E-state index contributed by atoms with van der Waals surface area (Å²) in [6.07, 6.45) is 4.11. The van der Waals surface area contributed by atoms with Crippen LogP contribution < -0.4 is 10.1 Å². The summed E-state index contributed by atoms with van der Waals surface area (Å²) in [7, 11) is 1.66. The van der Waals surface area contributed by atoms with Crippen molar-refractivity contribution in [3.63, 3.8) is 0 Å². The fraction of sp³-hybridized carbons (Fsp3) is 0.650. The molecule has 0 aliphatic carbocycles. The lowest BCUT2D eigenvalue weighted by atomic mass is 10.1. The van der Waals surface area contributed by atoms with E-state index in [1.54, 1.807) is 7.11 Å². The second-order valence-electron chi connectivity index (χ2n) is 7.34. The van der Waals surface area contributed by atoms with Gasteiger partial charge in [0.15, 0.2) is 0 Å². The van der Waals surface area contributed by atoms with Gasteiger partial charge in [-0.25, -0.2) is 0 Å². The third kappa shape index (κ3) is 4.96. The van der Waals surface area contributed by atoms with E-state index in [0.29, 0.717) is 19.6 Å². The van der Waals surface area contributed by atoms with Gasteiger partial charge in [-0.05, 0) is 44.0 Å². The van der Waals surface area contributed by atoms with E-state index in [0.717, 1.165) is 37.4 Å². The van der Waals surface area contributed by atoms with E-state index in [1.807, 2.05) is 24.3 Å². The Kier molecular flexibility index (Phi) is 6.88. The lowest BCUT2D eigenvalue weighted by Crippen LogP contribution is -2.46. The van der Waals surface area contributed by atoms with Gasteiger partial charge in [0.1, 0.15) is 5.75 Å². The van der Waals surface area contributed by atoms with E-state index in [4.69, 9.17) is 4.74 Å². The molecule has 2 aliphatic heterocycles. The van der Waals surface area contributed by atoms with Crippen molar-refractivity contribution in [2.75, 3.05) is 46.4 Å². The molecule has 2 aliphatic rings. The van der Waals surface area contributed by atoms with Crippen molar-refractivity contribution >= 4 is 5.91 Å². The first-order valence-electron chi connectivity index (χ1n) is 9.70. The van der Waals surface area contributed by atoms with Crippen LogP contribution in [0.15, 0.2) is 24.3 Å². The summed E-state index contributed by atoms with van der Waals surface area (Å²) >= 11 is 0. The van der Waals surface area contributed by atoms with Crippen molar-refractivity contribution in [2.45, 2.75) is 37.8 Å². The number of aliphatic hydroxyl groups excluding tert-OH is 1. The van der Waals surface area contributed by atoms with Crippen LogP contribution in [0.2, 0.25) is 0 Å². The monoisotopic (exact) mass is 361 g/mol. The highest BCUT2D eigenvalue weighted by atomic mass is 16.5. The summed E-state index contributed by atoms with van der Waals surface area (Å²) in [6.45, 7) is 4.45. The highest BCUT2D eigenvalue weighted by Gasteiger charge is 2.36. The topological polar surface area (TPSA) is 65.0 Å². The number of hydrogen-bond acceptors (Lipinski definition) is 5. The molecular formula is C20H31N3O3. The van der Waals surface area contributed by atoms with Crippen LogP contribution in [0.1, 0.15) is 24.8 Å². The van der Waals surface area contributed by atoms with Crippen molar-refractivity contribution < 1.29 is 14.6 Å². The van der Waals surface area contributed by atoms with E-state index in [9.17, 15) is 9.90 Å². The van der Waals surface area contributed by atoms with Crippen molar-refractivity contribution in [2.24, 2.45) is 0 Å². The Morgan fingerprint density at radius 2 is 2.00 bits per heavy atom. The highest BCUT2D eigenvalue weighted by molar-refractivity contribution is 5.78. The first kappa shape index (κ1) is 19.1. The third-order valence-corrected chi connectivity index (χ3v) is 5.47. The fourth-order valence-electron chi connectivity index (χ4n) is 4.09. The molecule has 2 atom stereocenters. The summed E-state index contributed by atoms with van der Waals surface area (Å²) in [5.74, 6) is 0.875. The number of β-amino-alcohol motifs (C(OH)–C–C–N with tert-alkyl or cyclic N) is 1. The van der Waals surface area contributed by atoms with E-state index >= 15 is 0 Å². The van der Waals surface area contributed by atoms with Crippen molar-refractivity contribution in [3.8, 4) is 5.75 Å². The predicted molar refractivity (Wildman–Crippen MR) is 101 cm³/mol. The van der Waals surface area contributed by atoms with E-state index in [2.05, 4.69) is 15.1 Å². The summed E-state index contributed by atoms with van der Waals surface area (Å²) in [5, 5.41) is 13.4.